The van der Waals surface area contributed by atoms with E-state index in [0.717, 1.165) is 30.0 Å². The van der Waals surface area contributed by atoms with E-state index in [-0.39, 0.29) is 6.04 Å². The summed E-state index contributed by atoms with van der Waals surface area (Å²) in [5, 5.41) is 3.33. The Labute approximate surface area is 96.6 Å². The molecule has 2 aliphatic carbocycles. The molecule has 3 atom stereocenters. The van der Waals surface area contributed by atoms with Crippen LogP contribution in [0, 0.1) is 11.8 Å². The van der Waals surface area contributed by atoms with Gasteiger partial charge in [0.25, 0.3) is 0 Å². The first-order valence-corrected chi connectivity index (χ1v) is 6.50. The molecule has 0 bridgehead atoms. The van der Waals surface area contributed by atoms with Crippen LogP contribution in [0.2, 0.25) is 0 Å². The van der Waals surface area contributed by atoms with Gasteiger partial charge < -0.3 is 9.73 Å². The molecular weight excluding hydrogens is 200 g/mol. The van der Waals surface area contributed by atoms with Crippen molar-refractivity contribution in [3.63, 3.8) is 0 Å². The molecule has 0 saturated heterocycles. The predicted molar refractivity (Wildman–Crippen MR) is 62.2 cm³/mol. The summed E-state index contributed by atoms with van der Waals surface area (Å²) in [5.41, 5.74) is 0. The highest BCUT2D eigenvalue weighted by Gasteiger charge is 2.55. The molecular formula is C13H20N2O. The summed E-state index contributed by atoms with van der Waals surface area (Å²) >= 11 is 0. The lowest BCUT2D eigenvalue weighted by atomic mass is 10.1. The maximum Gasteiger partial charge on any atom is 0.211 e. The first kappa shape index (κ1) is 10.3. The summed E-state index contributed by atoms with van der Waals surface area (Å²) in [6, 6.07) is 0.234. The van der Waals surface area contributed by atoms with Gasteiger partial charge in [0.2, 0.25) is 5.89 Å². The minimum atomic E-state index is 0.234. The molecule has 3 heteroatoms. The SMILES string of the molecule is CCNC(C)c1ncc(C2C3CCCC32)o1. The standard InChI is InChI=1S/C13H20N2O/c1-3-14-8(2)13-15-7-11(16-13)12-9-5-4-6-10(9)12/h7-10,12,14H,3-6H2,1-2H3. The van der Waals surface area contributed by atoms with E-state index in [1.54, 1.807) is 0 Å². The van der Waals surface area contributed by atoms with Gasteiger partial charge >= 0.3 is 0 Å². The van der Waals surface area contributed by atoms with E-state index in [1.807, 2.05) is 6.20 Å². The number of hydrogen-bond acceptors (Lipinski definition) is 3. The van der Waals surface area contributed by atoms with Gasteiger partial charge in [-0.25, -0.2) is 4.98 Å². The molecule has 1 aromatic rings. The fourth-order valence-electron chi connectivity index (χ4n) is 3.29. The van der Waals surface area contributed by atoms with E-state index >= 15 is 0 Å². The lowest BCUT2D eigenvalue weighted by Gasteiger charge is -2.06. The van der Waals surface area contributed by atoms with Crippen LogP contribution in [0.1, 0.15) is 56.7 Å². The van der Waals surface area contributed by atoms with Crippen LogP contribution in [0.25, 0.3) is 0 Å². The maximum absolute atomic E-state index is 5.88. The Balaban J connectivity index is 1.69. The van der Waals surface area contributed by atoms with Gasteiger partial charge in [-0.15, -0.1) is 0 Å². The van der Waals surface area contributed by atoms with Gasteiger partial charge in [-0.1, -0.05) is 13.3 Å². The highest BCUT2D eigenvalue weighted by Crippen LogP contribution is 2.63. The summed E-state index contributed by atoms with van der Waals surface area (Å²) in [6.07, 6.45) is 6.16. The summed E-state index contributed by atoms with van der Waals surface area (Å²) in [4.78, 5) is 4.39. The molecule has 0 spiro atoms. The van der Waals surface area contributed by atoms with Crippen LogP contribution in [0.5, 0.6) is 0 Å². The molecule has 1 aromatic heterocycles. The molecule has 0 aliphatic heterocycles. The van der Waals surface area contributed by atoms with E-state index in [1.165, 1.54) is 19.3 Å². The van der Waals surface area contributed by atoms with E-state index in [9.17, 15) is 0 Å². The third-order valence-corrected chi connectivity index (χ3v) is 4.16. The zero-order valence-corrected chi connectivity index (χ0v) is 10.1. The van der Waals surface area contributed by atoms with Crippen molar-refractivity contribution < 1.29 is 4.42 Å². The molecule has 88 valence electrons. The molecule has 0 radical (unpaired) electrons. The first-order chi connectivity index (χ1) is 7.81. The number of nitrogens with one attached hydrogen (secondary N) is 1. The van der Waals surface area contributed by atoms with Crippen LogP contribution in [0.3, 0.4) is 0 Å². The summed E-state index contributed by atoms with van der Waals surface area (Å²) in [6.45, 7) is 5.16. The minimum Gasteiger partial charge on any atom is -0.444 e. The first-order valence-electron chi connectivity index (χ1n) is 6.50. The number of nitrogens with zero attached hydrogens (tertiary/aromatic N) is 1. The van der Waals surface area contributed by atoms with E-state index < -0.39 is 0 Å². The molecule has 2 fully saturated rings. The van der Waals surface area contributed by atoms with Gasteiger partial charge in [-0.05, 0) is 38.1 Å². The topological polar surface area (TPSA) is 38.1 Å². The average molecular weight is 220 g/mol. The lowest BCUT2D eigenvalue weighted by molar-refractivity contribution is 0.391. The zero-order chi connectivity index (χ0) is 11.1. The number of oxazole rings is 1. The molecule has 2 saturated carbocycles. The predicted octanol–water partition coefficient (Wildman–Crippen LogP) is 2.86. The fraction of sp³-hybridized carbons (Fsp3) is 0.769. The number of aromatic nitrogens is 1. The Hall–Kier alpha value is -0.830. The lowest BCUT2D eigenvalue weighted by Crippen LogP contribution is -2.17. The van der Waals surface area contributed by atoms with Crippen molar-refractivity contribution in [2.45, 2.75) is 45.1 Å². The molecule has 0 aromatic carbocycles. The van der Waals surface area contributed by atoms with Crippen molar-refractivity contribution in [2.75, 3.05) is 6.54 Å². The second-order valence-corrected chi connectivity index (χ2v) is 5.16. The van der Waals surface area contributed by atoms with Gasteiger partial charge in [0, 0.05) is 5.92 Å². The molecule has 3 unspecified atom stereocenters. The second kappa shape index (κ2) is 3.88. The maximum atomic E-state index is 5.88. The summed E-state index contributed by atoms with van der Waals surface area (Å²) in [5.74, 6) is 4.51. The Bertz CT molecular complexity index is 364. The van der Waals surface area contributed by atoms with Crippen molar-refractivity contribution >= 4 is 0 Å². The Morgan fingerprint density at radius 3 is 2.94 bits per heavy atom. The summed E-state index contributed by atoms with van der Waals surface area (Å²) in [7, 11) is 0. The quantitative estimate of drug-likeness (QED) is 0.848. The number of fused-ring (bicyclic) bond motifs is 1. The number of rotatable bonds is 4. The van der Waals surface area contributed by atoms with Crippen LogP contribution in [-0.4, -0.2) is 11.5 Å². The van der Waals surface area contributed by atoms with Crippen LogP contribution < -0.4 is 5.32 Å². The monoisotopic (exact) mass is 220 g/mol. The third-order valence-electron chi connectivity index (χ3n) is 4.16. The normalized spacial score (nSPS) is 33.8. The van der Waals surface area contributed by atoms with Crippen LogP contribution in [0.4, 0.5) is 0 Å². The van der Waals surface area contributed by atoms with Crippen LogP contribution >= 0.6 is 0 Å². The zero-order valence-electron chi connectivity index (χ0n) is 10.1. The molecule has 1 heterocycles. The van der Waals surface area contributed by atoms with Gasteiger partial charge in [0.15, 0.2) is 0 Å². The molecule has 0 amide bonds. The van der Waals surface area contributed by atoms with Crippen molar-refractivity contribution in [1.82, 2.24) is 10.3 Å². The van der Waals surface area contributed by atoms with E-state index in [4.69, 9.17) is 4.42 Å². The van der Waals surface area contributed by atoms with Gasteiger partial charge in [-0.3, -0.25) is 0 Å². The third kappa shape index (κ3) is 1.58. The average Bonchev–Trinajstić information content (AvgIpc) is 2.76. The minimum absolute atomic E-state index is 0.234. The molecule has 3 rings (SSSR count). The van der Waals surface area contributed by atoms with Crippen LogP contribution in [0.15, 0.2) is 10.6 Å². The second-order valence-electron chi connectivity index (χ2n) is 5.16. The Morgan fingerprint density at radius 2 is 2.25 bits per heavy atom. The molecule has 2 aliphatic rings. The van der Waals surface area contributed by atoms with Crippen molar-refractivity contribution in [2.24, 2.45) is 11.8 Å². The smallest absolute Gasteiger partial charge is 0.211 e. The highest BCUT2D eigenvalue weighted by atomic mass is 16.4. The van der Waals surface area contributed by atoms with E-state index in [2.05, 4.69) is 24.1 Å². The highest BCUT2D eigenvalue weighted by molar-refractivity contribution is 5.20. The Kier molecular flexibility index (Phi) is 2.51. The van der Waals surface area contributed by atoms with Crippen LogP contribution in [-0.2, 0) is 0 Å². The summed E-state index contributed by atoms with van der Waals surface area (Å²) < 4.78 is 5.88. The van der Waals surface area contributed by atoms with Gasteiger partial charge in [0.05, 0.1) is 12.2 Å². The van der Waals surface area contributed by atoms with Crippen molar-refractivity contribution in [1.29, 1.82) is 0 Å². The largest absolute Gasteiger partial charge is 0.444 e. The number of hydrogen-bond donors (Lipinski definition) is 1. The molecule has 3 nitrogen and oxygen atoms in total. The van der Waals surface area contributed by atoms with E-state index in [0.29, 0.717) is 5.92 Å². The molecule has 16 heavy (non-hydrogen) atoms. The molecule has 1 N–H and O–H groups in total. The van der Waals surface area contributed by atoms with Crippen molar-refractivity contribution in [3.05, 3.63) is 17.8 Å². The fourth-order valence-corrected chi connectivity index (χ4v) is 3.29. The Morgan fingerprint density at radius 1 is 1.50 bits per heavy atom. The van der Waals surface area contributed by atoms with Gasteiger partial charge in [0.1, 0.15) is 5.76 Å². The van der Waals surface area contributed by atoms with Gasteiger partial charge in [-0.2, -0.15) is 0 Å². The van der Waals surface area contributed by atoms with Crippen molar-refractivity contribution in [3.8, 4) is 0 Å².